The van der Waals surface area contributed by atoms with Gasteiger partial charge in [0.05, 0.1) is 16.2 Å². The molecule has 3 fully saturated rings. The second-order valence-electron chi connectivity index (χ2n) is 6.26. The van der Waals surface area contributed by atoms with Gasteiger partial charge < -0.3 is 5.32 Å². The van der Waals surface area contributed by atoms with Gasteiger partial charge in [0.15, 0.2) is 0 Å². The minimum atomic E-state index is -0.462. The lowest BCUT2D eigenvalue weighted by Crippen LogP contribution is -2.13. The number of fused-ring (bicyclic) bond motifs is 5. The lowest BCUT2D eigenvalue weighted by Gasteiger charge is -2.12. The Balaban J connectivity index is 1.56. The lowest BCUT2D eigenvalue weighted by atomic mass is 10.0. The van der Waals surface area contributed by atoms with Crippen molar-refractivity contribution in [3.63, 3.8) is 0 Å². The Morgan fingerprint density at radius 3 is 2.60 bits per heavy atom. The smallest absolute Gasteiger partial charge is 0.270 e. The second kappa shape index (κ2) is 3.95. The molecule has 3 aliphatic rings. The summed E-state index contributed by atoms with van der Waals surface area (Å²) in [6.07, 6.45) is 4.10. The minimum absolute atomic E-state index is 0.0249. The molecule has 0 spiro atoms. The first-order valence-electron chi connectivity index (χ1n) is 7.14. The van der Waals surface area contributed by atoms with E-state index in [1.807, 2.05) is 0 Å². The second-order valence-corrected chi connectivity index (χ2v) is 6.26. The van der Waals surface area contributed by atoms with Crippen molar-refractivity contribution in [1.82, 2.24) is 0 Å². The number of nitrogens with zero attached hydrogens (tertiary/aromatic N) is 2. The lowest BCUT2D eigenvalue weighted by molar-refractivity contribution is -0.384. The number of nitriles is 1. The standard InChI is InChI=1S/C15H15N3O2/c16-7-10-6-11(18(19)20)3-4-12(10)17-15-13-8-1-2-9(5-8)14(13)15/h3-4,6,8-9,13-15,17H,1-2,5H2. The van der Waals surface area contributed by atoms with Crippen LogP contribution in [0, 0.1) is 45.1 Å². The molecule has 0 saturated heterocycles. The van der Waals surface area contributed by atoms with E-state index in [4.69, 9.17) is 5.26 Å². The van der Waals surface area contributed by atoms with Gasteiger partial charge in [-0.1, -0.05) is 0 Å². The summed E-state index contributed by atoms with van der Waals surface area (Å²) in [5.74, 6) is 3.28. The van der Waals surface area contributed by atoms with Crippen molar-refractivity contribution in [1.29, 1.82) is 5.26 Å². The van der Waals surface area contributed by atoms with Gasteiger partial charge in [-0.2, -0.15) is 5.26 Å². The molecule has 0 aromatic heterocycles. The van der Waals surface area contributed by atoms with E-state index in [1.54, 1.807) is 6.07 Å². The summed E-state index contributed by atoms with van der Waals surface area (Å²) in [5, 5.41) is 23.4. The van der Waals surface area contributed by atoms with Crippen LogP contribution < -0.4 is 5.32 Å². The molecule has 4 atom stereocenters. The third-order valence-electron chi connectivity index (χ3n) is 5.39. The molecule has 0 heterocycles. The van der Waals surface area contributed by atoms with E-state index in [1.165, 1.54) is 31.4 Å². The summed E-state index contributed by atoms with van der Waals surface area (Å²) in [5.41, 5.74) is 1.09. The number of nitro groups is 1. The number of rotatable bonds is 3. The predicted octanol–water partition coefficient (Wildman–Crippen LogP) is 2.92. The van der Waals surface area contributed by atoms with Crippen LogP contribution in [-0.2, 0) is 0 Å². The third-order valence-corrected chi connectivity index (χ3v) is 5.39. The van der Waals surface area contributed by atoms with Crippen LogP contribution in [0.2, 0.25) is 0 Å². The number of benzene rings is 1. The number of nitrogens with one attached hydrogen (secondary N) is 1. The van der Waals surface area contributed by atoms with Crippen LogP contribution in [0.1, 0.15) is 24.8 Å². The van der Waals surface area contributed by atoms with Crippen molar-refractivity contribution < 1.29 is 4.92 Å². The number of hydrogen-bond donors (Lipinski definition) is 1. The van der Waals surface area contributed by atoms with Crippen molar-refractivity contribution in [3.8, 4) is 6.07 Å². The first-order chi connectivity index (χ1) is 9.69. The molecule has 3 aliphatic carbocycles. The predicted molar refractivity (Wildman–Crippen MR) is 73.0 cm³/mol. The van der Waals surface area contributed by atoms with Crippen LogP contribution in [0.15, 0.2) is 18.2 Å². The van der Waals surface area contributed by atoms with Gasteiger partial charge in [-0.15, -0.1) is 0 Å². The molecule has 4 rings (SSSR count). The van der Waals surface area contributed by atoms with Crippen molar-refractivity contribution in [2.24, 2.45) is 23.7 Å². The molecule has 5 heteroatoms. The number of hydrogen-bond acceptors (Lipinski definition) is 4. The van der Waals surface area contributed by atoms with Gasteiger partial charge in [0, 0.05) is 18.2 Å². The molecule has 5 nitrogen and oxygen atoms in total. The molecular weight excluding hydrogens is 254 g/mol. The first kappa shape index (κ1) is 11.7. The Kier molecular flexibility index (Phi) is 2.31. The zero-order valence-corrected chi connectivity index (χ0v) is 11.0. The molecule has 0 aliphatic heterocycles. The fourth-order valence-corrected chi connectivity index (χ4v) is 4.56. The quantitative estimate of drug-likeness (QED) is 0.676. The molecule has 1 aromatic carbocycles. The van der Waals surface area contributed by atoms with Crippen molar-refractivity contribution in [2.75, 3.05) is 5.32 Å². The fourth-order valence-electron chi connectivity index (χ4n) is 4.56. The van der Waals surface area contributed by atoms with Crippen LogP contribution >= 0.6 is 0 Å². The topological polar surface area (TPSA) is 79.0 Å². The summed E-state index contributed by atoms with van der Waals surface area (Å²) >= 11 is 0. The van der Waals surface area contributed by atoms with E-state index < -0.39 is 4.92 Å². The monoisotopic (exact) mass is 269 g/mol. The average Bonchev–Trinajstić information content (AvgIpc) is 2.84. The molecular formula is C15H15N3O2. The van der Waals surface area contributed by atoms with Crippen molar-refractivity contribution in [2.45, 2.75) is 25.3 Å². The Morgan fingerprint density at radius 2 is 2.00 bits per heavy atom. The molecule has 1 N–H and O–H groups in total. The van der Waals surface area contributed by atoms with Gasteiger partial charge in [0.2, 0.25) is 0 Å². The number of anilines is 1. The van der Waals surface area contributed by atoms with Gasteiger partial charge >= 0.3 is 0 Å². The highest BCUT2D eigenvalue weighted by Gasteiger charge is 2.65. The minimum Gasteiger partial charge on any atom is -0.381 e. The molecule has 102 valence electrons. The van der Waals surface area contributed by atoms with E-state index >= 15 is 0 Å². The Labute approximate surface area is 116 Å². The fraction of sp³-hybridized carbons (Fsp3) is 0.533. The van der Waals surface area contributed by atoms with E-state index in [-0.39, 0.29) is 5.69 Å². The Bertz CT molecular complexity index is 620. The van der Waals surface area contributed by atoms with Gasteiger partial charge in [0.1, 0.15) is 6.07 Å². The highest BCUT2D eigenvalue weighted by Crippen LogP contribution is 2.66. The zero-order valence-electron chi connectivity index (χ0n) is 11.0. The third kappa shape index (κ3) is 1.54. The summed E-state index contributed by atoms with van der Waals surface area (Å²) in [6, 6.07) is 7.04. The molecule has 1 aromatic rings. The van der Waals surface area contributed by atoms with Crippen LogP contribution in [-0.4, -0.2) is 11.0 Å². The summed E-state index contributed by atoms with van der Waals surface area (Å²) < 4.78 is 0. The molecule has 2 bridgehead atoms. The SMILES string of the molecule is N#Cc1cc([N+](=O)[O-])ccc1NC1C2C3CCC(C3)C12. The normalized spacial score (nSPS) is 36.2. The molecule has 0 radical (unpaired) electrons. The van der Waals surface area contributed by atoms with Gasteiger partial charge in [-0.25, -0.2) is 0 Å². The van der Waals surface area contributed by atoms with Gasteiger partial charge in [0.25, 0.3) is 5.69 Å². The first-order valence-corrected chi connectivity index (χ1v) is 7.14. The molecule has 20 heavy (non-hydrogen) atoms. The van der Waals surface area contributed by atoms with E-state index in [2.05, 4.69) is 11.4 Å². The summed E-state index contributed by atoms with van der Waals surface area (Å²) in [4.78, 5) is 10.3. The van der Waals surface area contributed by atoms with Crippen LogP contribution in [0.3, 0.4) is 0 Å². The Hall–Kier alpha value is -2.09. The summed E-state index contributed by atoms with van der Waals surface area (Å²) in [6.45, 7) is 0. The van der Waals surface area contributed by atoms with Crippen LogP contribution in [0.25, 0.3) is 0 Å². The highest BCUT2D eigenvalue weighted by molar-refractivity contribution is 5.62. The van der Waals surface area contributed by atoms with Crippen LogP contribution in [0.4, 0.5) is 11.4 Å². The van der Waals surface area contributed by atoms with Gasteiger partial charge in [-0.3, -0.25) is 10.1 Å². The highest BCUT2D eigenvalue weighted by atomic mass is 16.6. The van der Waals surface area contributed by atoms with Crippen molar-refractivity contribution >= 4 is 11.4 Å². The van der Waals surface area contributed by atoms with E-state index in [0.717, 1.165) is 29.4 Å². The maximum Gasteiger partial charge on any atom is 0.270 e. The van der Waals surface area contributed by atoms with E-state index in [9.17, 15) is 10.1 Å². The number of nitro benzene ring substituents is 1. The van der Waals surface area contributed by atoms with Crippen LogP contribution in [0.5, 0.6) is 0 Å². The maximum absolute atomic E-state index is 10.7. The maximum atomic E-state index is 10.7. The van der Waals surface area contributed by atoms with E-state index in [0.29, 0.717) is 11.6 Å². The molecule has 3 saturated carbocycles. The zero-order chi connectivity index (χ0) is 13.9. The van der Waals surface area contributed by atoms with Gasteiger partial charge in [-0.05, 0) is 49.0 Å². The molecule has 4 unspecified atom stereocenters. The summed E-state index contributed by atoms with van der Waals surface area (Å²) in [7, 11) is 0. The largest absolute Gasteiger partial charge is 0.381 e. The molecule has 0 amide bonds. The number of non-ortho nitro benzene ring substituents is 1. The average molecular weight is 269 g/mol. The Morgan fingerprint density at radius 1 is 1.30 bits per heavy atom. The van der Waals surface area contributed by atoms with Crippen molar-refractivity contribution in [3.05, 3.63) is 33.9 Å².